The molecule has 0 bridgehead atoms. The first-order chi connectivity index (χ1) is 21.1. The summed E-state index contributed by atoms with van der Waals surface area (Å²) in [6.07, 6.45) is -4.81. The predicted molar refractivity (Wildman–Crippen MR) is 163 cm³/mol. The lowest BCUT2D eigenvalue weighted by Gasteiger charge is -2.65. The molecule has 17 atom stereocenters. The van der Waals surface area contributed by atoms with E-state index in [0.717, 1.165) is 5.57 Å². The zero-order chi connectivity index (χ0) is 33.2. The molecule has 0 amide bonds. The SMILES string of the molecule is C=C(CC[C@@H](C)[C@H]1[C@@H](O)[C@H](O)[C@@H]2[C@]1(C)CC[C@H]1[C@@]2(O)[C@H](O)[C@@H](O)C2=C[C@@H](O[C@@H]3OC[C@@H](O)[C@H](O)[C@H]3OC)CC[C@@]21C)[C@H](C)CO. The Morgan fingerprint density at radius 3 is 2.38 bits per heavy atom. The van der Waals surface area contributed by atoms with E-state index in [1.165, 1.54) is 7.11 Å². The van der Waals surface area contributed by atoms with Gasteiger partial charge < -0.3 is 55.1 Å². The molecule has 1 saturated heterocycles. The van der Waals surface area contributed by atoms with Crippen LogP contribution in [0.4, 0.5) is 0 Å². The van der Waals surface area contributed by atoms with Gasteiger partial charge in [0.15, 0.2) is 6.29 Å². The second-order valence-electron chi connectivity index (χ2n) is 15.3. The molecule has 4 aliphatic carbocycles. The van der Waals surface area contributed by atoms with Crippen LogP contribution in [0, 0.1) is 40.4 Å². The molecule has 0 aromatic carbocycles. The molecule has 45 heavy (non-hydrogen) atoms. The van der Waals surface area contributed by atoms with Crippen LogP contribution in [0.15, 0.2) is 23.8 Å². The monoisotopic (exact) mass is 640 g/mol. The van der Waals surface area contributed by atoms with Crippen LogP contribution < -0.4 is 0 Å². The summed E-state index contributed by atoms with van der Waals surface area (Å²) in [5.41, 5.74) is -1.79. The van der Waals surface area contributed by atoms with Crippen molar-refractivity contribution < 1.29 is 55.1 Å². The fraction of sp³-hybridized carbons (Fsp3) is 0.882. The van der Waals surface area contributed by atoms with Crippen molar-refractivity contribution in [2.75, 3.05) is 20.3 Å². The Balaban J connectivity index is 1.40. The summed E-state index contributed by atoms with van der Waals surface area (Å²) in [6, 6.07) is 0. The van der Waals surface area contributed by atoms with Gasteiger partial charge in [0.2, 0.25) is 0 Å². The smallest absolute Gasteiger partial charge is 0.187 e. The molecule has 0 unspecified atom stereocenters. The molecular weight excluding hydrogens is 584 g/mol. The van der Waals surface area contributed by atoms with Gasteiger partial charge in [-0.3, -0.25) is 0 Å². The van der Waals surface area contributed by atoms with Gasteiger partial charge in [-0.05, 0) is 78.6 Å². The van der Waals surface area contributed by atoms with Crippen LogP contribution in [0.5, 0.6) is 0 Å². The lowest BCUT2D eigenvalue weighted by Crippen LogP contribution is -2.73. The second-order valence-corrected chi connectivity index (χ2v) is 15.3. The number of aliphatic hydroxyl groups is 8. The summed E-state index contributed by atoms with van der Waals surface area (Å²) in [4.78, 5) is 0. The van der Waals surface area contributed by atoms with E-state index in [-0.39, 0.29) is 31.0 Å². The van der Waals surface area contributed by atoms with E-state index in [1.54, 1.807) is 6.08 Å². The predicted octanol–water partition coefficient (Wildman–Crippen LogP) is 0.643. The van der Waals surface area contributed by atoms with Crippen molar-refractivity contribution >= 4 is 0 Å². The molecule has 11 heteroatoms. The molecular formula is C34H56O11. The maximum atomic E-state index is 12.7. The van der Waals surface area contributed by atoms with Crippen LogP contribution >= 0.6 is 0 Å². The van der Waals surface area contributed by atoms with Gasteiger partial charge in [-0.1, -0.05) is 45.9 Å². The molecule has 5 aliphatic rings. The van der Waals surface area contributed by atoms with Gasteiger partial charge in [-0.2, -0.15) is 0 Å². The number of hydrogen-bond donors (Lipinski definition) is 8. The maximum absolute atomic E-state index is 12.7. The summed E-state index contributed by atoms with van der Waals surface area (Å²) >= 11 is 0. The second kappa shape index (κ2) is 12.8. The normalized spacial score (nSPS) is 51.0. The van der Waals surface area contributed by atoms with Gasteiger partial charge in [0.1, 0.15) is 36.1 Å². The van der Waals surface area contributed by atoms with E-state index >= 15 is 0 Å². The average Bonchev–Trinajstić information content (AvgIpc) is 3.21. The number of methoxy groups -OCH3 is 1. The Kier molecular flexibility index (Phi) is 10.1. The quantitative estimate of drug-likeness (QED) is 0.165. The van der Waals surface area contributed by atoms with Crippen molar-refractivity contribution in [2.45, 2.75) is 127 Å². The topological polar surface area (TPSA) is 190 Å². The summed E-state index contributed by atoms with van der Waals surface area (Å²) in [6.45, 7) is 12.0. The maximum Gasteiger partial charge on any atom is 0.187 e. The molecule has 11 nitrogen and oxygen atoms in total. The fourth-order valence-corrected chi connectivity index (χ4v) is 10.3. The van der Waals surface area contributed by atoms with Crippen LogP contribution in [0.1, 0.15) is 66.2 Å². The van der Waals surface area contributed by atoms with E-state index < -0.39 is 83.4 Å². The van der Waals surface area contributed by atoms with E-state index in [1.807, 2.05) is 27.7 Å². The molecule has 0 radical (unpaired) electrons. The van der Waals surface area contributed by atoms with Crippen molar-refractivity contribution in [3.63, 3.8) is 0 Å². The number of ether oxygens (including phenoxy) is 3. The van der Waals surface area contributed by atoms with E-state index in [0.29, 0.717) is 44.1 Å². The summed E-state index contributed by atoms with van der Waals surface area (Å²) in [7, 11) is 1.40. The van der Waals surface area contributed by atoms with Crippen LogP contribution in [-0.2, 0) is 14.2 Å². The number of hydrogen-bond acceptors (Lipinski definition) is 11. The minimum atomic E-state index is -1.86. The third kappa shape index (κ3) is 5.48. The first kappa shape index (κ1) is 35.3. The molecule has 5 rings (SSSR count). The van der Waals surface area contributed by atoms with Crippen molar-refractivity contribution in [1.29, 1.82) is 0 Å². The van der Waals surface area contributed by atoms with Gasteiger partial charge in [0, 0.05) is 19.6 Å². The highest BCUT2D eigenvalue weighted by Crippen LogP contribution is 2.69. The molecule has 0 aromatic heterocycles. The highest BCUT2D eigenvalue weighted by atomic mass is 16.7. The Morgan fingerprint density at radius 1 is 1.04 bits per heavy atom. The van der Waals surface area contributed by atoms with Gasteiger partial charge in [0.05, 0.1) is 24.9 Å². The first-order valence-electron chi connectivity index (χ1n) is 16.7. The van der Waals surface area contributed by atoms with Crippen LogP contribution in [-0.4, -0.2) is 122 Å². The minimum Gasteiger partial charge on any atom is -0.396 e. The lowest BCUT2D eigenvalue weighted by atomic mass is 9.43. The van der Waals surface area contributed by atoms with Crippen molar-refractivity contribution in [2.24, 2.45) is 40.4 Å². The van der Waals surface area contributed by atoms with Crippen molar-refractivity contribution in [1.82, 2.24) is 0 Å². The molecule has 0 aromatic rings. The van der Waals surface area contributed by atoms with Crippen LogP contribution in [0.3, 0.4) is 0 Å². The summed E-state index contributed by atoms with van der Waals surface area (Å²) < 4.78 is 17.1. The lowest BCUT2D eigenvalue weighted by molar-refractivity contribution is -0.289. The van der Waals surface area contributed by atoms with Gasteiger partial charge in [-0.25, -0.2) is 0 Å². The zero-order valence-corrected chi connectivity index (χ0v) is 27.3. The number of aliphatic hydroxyl groups excluding tert-OH is 7. The standard InChI is InChI=1S/C34H56O11/c1-16(18(3)14-35)7-8-17(2)23-26(39)27(40)29-33(23,5)12-10-22-32(4)11-9-19(13-20(32)24(37)30(41)34(22,29)42)45-31-28(43-6)25(38)21(36)15-44-31/h13,17-19,21-31,35-42H,1,7-12,14-15H2,2-6H3/t17-,18-,19+,21-,22-,23+,24+,25+,26-,27+,28-,29-,30-,31+,32+,33-,34+/m1/s1. The largest absolute Gasteiger partial charge is 0.396 e. The Hall–Kier alpha value is -0.960. The van der Waals surface area contributed by atoms with Gasteiger partial charge >= 0.3 is 0 Å². The zero-order valence-electron chi connectivity index (χ0n) is 27.3. The summed E-state index contributed by atoms with van der Waals surface area (Å²) in [5.74, 6) is -1.78. The van der Waals surface area contributed by atoms with Gasteiger partial charge in [0.25, 0.3) is 0 Å². The van der Waals surface area contributed by atoms with E-state index in [4.69, 9.17) is 14.2 Å². The molecule has 1 heterocycles. The minimum absolute atomic E-state index is 0.0176. The highest BCUT2D eigenvalue weighted by molar-refractivity contribution is 5.35. The van der Waals surface area contributed by atoms with Crippen molar-refractivity contribution in [3.8, 4) is 0 Å². The summed E-state index contributed by atoms with van der Waals surface area (Å²) in [5, 5.41) is 89.1. The fourth-order valence-electron chi connectivity index (χ4n) is 10.3. The van der Waals surface area contributed by atoms with Crippen molar-refractivity contribution in [3.05, 3.63) is 23.8 Å². The van der Waals surface area contributed by atoms with Crippen LogP contribution in [0.25, 0.3) is 0 Å². The molecule has 8 N–H and O–H groups in total. The third-order valence-corrected chi connectivity index (χ3v) is 12.9. The Labute approximate surface area is 266 Å². The van der Waals surface area contributed by atoms with E-state index in [2.05, 4.69) is 6.58 Å². The molecule has 1 aliphatic heterocycles. The average molecular weight is 641 g/mol. The molecule has 4 fully saturated rings. The molecule has 3 saturated carbocycles. The third-order valence-electron chi connectivity index (χ3n) is 12.9. The number of fused-ring (bicyclic) bond motifs is 5. The molecule has 258 valence electrons. The Bertz CT molecular complexity index is 1120. The first-order valence-corrected chi connectivity index (χ1v) is 16.7. The highest BCUT2D eigenvalue weighted by Gasteiger charge is 2.74. The Morgan fingerprint density at radius 2 is 1.73 bits per heavy atom. The van der Waals surface area contributed by atoms with E-state index in [9.17, 15) is 40.9 Å². The van der Waals surface area contributed by atoms with Gasteiger partial charge in [-0.15, -0.1) is 0 Å². The van der Waals surface area contributed by atoms with Crippen LogP contribution in [0.2, 0.25) is 0 Å². The molecule has 0 spiro atoms. The number of rotatable bonds is 9.